The van der Waals surface area contributed by atoms with Crippen molar-refractivity contribution in [2.45, 2.75) is 0 Å². The van der Waals surface area contributed by atoms with Crippen LogP contribution in [0.2, 0.25) is 0 Å². The SMILES string of the molecule is N#Cc1ccc(-c2ccc3c4ccccc4n(-c4c(-c5nc(-c6ccccc6)cc(-c6ccccc6)n5)cc(C#N)cc4-c4nc(-c5ccccc5)cc(-c5ccccc5)n4)c3c2)cc1. The second kappa shape index (κ2) is 16.5. The van der Waals surface area contributed by atoms with E-state index in [9.17, 15) is 10.5 Å². The predicted molar refractivity (Wildman–Crippen MR) is 259 cm³/mol. The lowest BCUT2D eigenvalue weighted by Gasteiger charge is -2.20. The summed E-state index contributed by atoms with van der Waals surface area (Å²) < 4.78 is 2.26. The molecule has 0 unspecified atom stereocenters. The number of benzene rings is 8. The van der Waals surface area contributed by atoms with Crippen LogP contribution in [-0.4, -0.2) is 24.5 Å². The van der Waals surface area contributed by atoms with Crippen LogP contribution < -0.4 is 0 Å². The molecule has 7 nitrogen and oxygen atoms in total. The standard InChI is InChI=1S/C58H35N7/c59-36-38-25-27-40(28-26-38)45-29-30-47-46-23-13-14-24-54(46)65(55(47)33-45)56-48(57-61-50(41-15-5-1-6-16-41)34-51(62-57)42-17-7-2-8-18-42)31-39(37-60)32-49(56)58-63-52(43-19-9-3-10-20-43)35-53(64-58)44-21-11-4-12-22-44/h1-35H. The van der Waals surface area contributed by atoms with Crippen LogP contribution in [-0.2, 0) is 0 Å². The first kappa shape index (κ1) is 38.6. The second-order valence-electron chi connectivity index (χ2n) is 15.7. The Morgan fingerprint density at radius 1 is 0.323 bits per heavy atom. The van der Waals surface area contributed by atoms with Crippen LogP contribution in [0.3, 0.4) is 0 Å². The summed E-state index contributed by atoms with van der Waals surface area (Å²) in [6.07, 6.45) is 0. The van der Waals surface area contributed by atoms with Gasteiger partial charge in [0.05, 0.1) is 62.8 Å². The van der Waals surface area contributed by atoms with Gasteiger partial charge in [0.2, 0.25) is 0 Å². The summed E-state index contributed by atoms with van der Waals surface area (Å²) in [5, 5.41) is 22.6. The summed E-state index contributed by atoms with van der Waals surface area (Å²) in [6.45, 7) is 0. The van der Waals surface area contributed by atoms with E-state index in [-0.39, 0.29) is 0 Å². The van der Waals surface area contributed by atoms with E-state index in [4.69, 9.17) is 19.9 Å². The molecule has 3 aromatic heterocycles. The lowest BCUT2D eigenvalue weighted by molar-refractivity contribution is 1.12. The summed E-state index contributed by atoms with van der Waals surface area (Å²) in [5.74, 6) is 0.880. The molecule has 302 valence electrons. The van der Waals surface area contributed by atoms with Crippen LogP contribution in [0, 0.1) is 22.7 Å². The van der Waals surface area contributed by atoms with Crippen LogP contribution in [0.1, 0.15) is 11.1 Å². The van der Waals surface area contributed by atoms with Gasteiger partial charge in [-0.25, -0.2) is 19.9 Å². The molecule has 11 rings (SSSR count). The number of fused-ring (bicyclic) bond motifs is 3. The van der Waals surface area contributed by atoms with E-state index < -0.39 is 0 Å². The van der Waals surface area contributed by atoms with Crippen molar-refractivity contribution in [1.82, 2.24) is 24.5 Å². The van der Waals surface area contributed by atoms with Gasteiger partial charge in [-0.3, -0.25) is 0 Å². The van der Waals surface area contributed by atoms with Gasteiger partial charge in [-0.05, 0) is 59.7 Å². The smallest absolute Gasteiger partial charge is 0.162 e. The molecule has 0 spiro atoms. The molecule has 11 aromatic rings. The van der Waals surface area contributed by atoms with Crippen LogP contribution in [0.15, 0.2) is 212 Å². The van der Waals surface area contributed by atoms with Gasteiger partial charge in [-0.1, -0.05) is 164 Å². The van der Waals surface area contributed by atoms with E-state index in [1.807, 2.05) is 176 Å². The molecular weight excluding hydrogens is 795 g/mol. The van der Waals surface area contributed by atoms with Crippen LogP contribution >= 0.6 is 0 Å². The maximum absolute atomic E-state index is 10.9. The minimum Gasteiger partial charge on any atom is -0.308 e. The number of hydrogen-bond acceptors (Lipinski definition) is 6. The van der Waals surface area contributed by atoms with Crippen molar-refractivity contribution < 1.29 is 0 Å². The Bertz CT molecular complexity index is 3380. The Kier molecular flexibility index (Phi) is 9.82. The Morgan fingerprint density at radius 2 is 0.723 bits per heavy atom. The van der Waals surface area contributed by atoms with E-state index >= 15 is 0 Å². The van der Waals surface area contributed by atoms with Crippen molar-refractivity contribution in [3.63, 3.8) is 0 Å². The van der Waals surface area contributed by atoms with E-state index in [0.717, 1.165) is 83.6 Å². The zero-order valence-corrected chi connectivity index (χ0v) is 34.8. The highest BCUT2D eigenvalue weighted by Gasteiger charge is 2.26. The maximum Gasteiger partial charge on any atom is 0.162 e. The summed E-state index contributed by atoms with van der Waals surface area (Å²) in [4.78, 5) is 21.4. The zero-order valence-electron chi connectivity index (χ0n) is 34.8. The van der Waals surface area contributed by atoms with E-state index in [2.05, 4.69) is 53.1 Å². The molecule has 0 saturated heterocycles. The first-order chi connectivity index (χ1) is 32.1. The Labute approximate surface area is 375 Å². The van der Waals surface area contributed by atoms with E-state index in [1.54, 1.807) is 0 Å². The van der Waals surface area contributed by atoms with Crippen molar-refractivity contribution in [1.29, 1.82) is 10.5 Å². The molecule has 0 atom stereocenters. The molecule has 0 amide bonds. The molecule has 0 N–H and O–H groups in total. The van der Waals surface area contributed by atoms with Crippen LogP contribution in [0.25, 0.3) is 106 Å². The first-order valence-corrected chi connectivity index (χ1v) is 21.2. The lowest BCUT2D eigenvalue weighted by Crippen LogP contribution is -2.06. The quantitative estimate of drug-likeness (QED) is 0.151. The second-order valence-corrected chi connectivity index (χ2v) is 15.7. The molecule has 0 aliphatic heterocycles. The maximum atomic E-state index is 10.9. The average molecular weight is 830 g/mol. The van der Waals surface area contributed by atoms with Gasteiger partial charge in [0, 0.05) is 44.2 Å². The number of hydrogen-bond donors (Lipinski definition) is 0. The summed E-state index contributed by atoms with van der Waals surface area (Å²) in [5.41, 5.74) is 13.5. The monoisotopic (exact) mass is 829 g/mol. The Balaban J connectivity index is 1.29. The molecule has 0 aliphatic carbocycles. The minimum atomic E-state index is 0.405. The summed E-state index contributed by atoms with van der Waals surface area (Å²) >= 11 is 0. The number of para-hydroxylation sites is 1. The average Bonchev–Trinajstić information content (AvgIpc) is 3.72. The van der Waals surface area contributed by atoms with Gasteiger partial charge in [-0.15, -0.1) is 0 Å². The van der Waals surface area contributed by atoms with Gasteiger partial charge < -0.3 is 4.57 Å². The van der Waals surface area contributed by atoms with Gasteiger partial charge in [-0.2, -0.15) is 10.5 Å². The molecule has 0 fully saturated rings. The predicted octanol–water partition coefficient (Wildman–Crippen LogP) is 13.8. The molecular formula is C58H35N7. The number of nitriles is 2. The third-order valence-electron chi connectivity index (χ3n) is 11.7. The number of nitrogens with zero attached hydrogens (tertiary/aromatic N) is 7. The van der Waals surface area contributed by atoms with Crippen LogP contribution in [0.4, 0.5) is 0 Å². The third kappa shape index (κ3) is 7.26. The Morgan fingerprint density at radius 3 is 1.17 bits per heavy atom. The van der Waals surface area contributed by atoms with E-state index in [0.29, 0.717) is 33.9 Å². The molecule has 0 aliphatic rings. The Hall–Kier alpha value is -9.30. The van der Waals surface area contributed by atoms with Crippen molar-refractivity contribution >= 4 is 21.8 Å². The number of aromatic nitrogens is 5. The topological polar surface area (TPSA) is 104 Å². The minimum absolute atomic E-state index is 0.405. The highest BCUT2D eigenvalue weighted by molar-refractivity contribution is 6.11. The fourth-order valence-electron chi connectivity index (χ4n) is 8.57. The fraction of sp³-hybridized carbons (Fsp3) is 0. The first-order valence-electron chi connectivity index (χ1n) is 21.2. The summed E-state index contributed by atoms with van der Waals surface area (Å²) in [6, 6.07) is 75.4. The third-order valence-corrected chi connectivity index (χ3v) is 11.7. The van der Waals surface area contributed by atoms with Gasteiger partial charge in [0.1, 0.15) is 0 Å². The molecule has 0 saturated carbocycles. The van der Waals surface area contributed by atoms with Gasteiger partial charge in [0.15, 0.2) is 11.6 Å². The van der Waals surface area contributed by atoms with Gasteiger partial charge in [0.25, 0.3) is 0 Å². The zero-order chi connectivity index (χ0) is 43.7. The molecule has 7 heteroatoms. The molecule has 65 heavy (non-hydrogen) atoms. The highest BCUT2D eigenvalue weighted by Crippen LogP contribution is 2.43. The van der Waals surface area contributed by atoms with Crippen molar-refractivity contribution in [3.8, 4) is 96.8 Å². The molecule has 8 aromatic carbocycles. The summed E-state index contributed by atoms with van der Waals surface area (Å²) in [7, 11) is 0. The van der Waals surface area contributed by atoms with Crippen molar-refractivity contribution in [2.24, 2.45) is 0 Å². The highest BCUT2D eigenvalue weighted by atomic mass is 15.0. The lowest BCUT2D eigenvalue weighted by atomic mass is 9.98. The van der Waals surface area contributed by atoms with E-state index in [1.165, 1.54) is 0 Å². The van der Waals surface area contributed by atoms with Crippen molar-refractivity contribution in [2.75, 3.05) is 0 Å². The molecule has 0 bridgehead atoms. The molecule has 0 radical (unpaired) electrons. The normalized spacial score (nSPS) is 11.0. The van der Waals surface area contributed by atoms with Crippen molar-refractivity contribution in [3.05, 3.63) is 223 Å². The number of rotatable bonds is 8. The fourth-order valence-corrected chi connectivity index (χ4v) is 8.57. The van der Waals surface area contributed by atoms with Crippen LogP contribution in [0.5, 0.6) is 0 Å². The molecule has 3 heterocycles. The largest absolute Gasteiger partial charge is 0.308 e. The van der Waals surface area contributed by atoms with Gasteiger partial charge >= 0.3 is 0 Å².